The highest BCUT2D eigenvalue weighted by Crippen LogP contribution is 2.31. The zero-order valence-corrected chi connectivity index (χ0v) is 15.3. The Labute approximate surface area is 161 Å². The van der Waals surface area contributed by atoms with Crippen LogP contribution in [0.1, 0.15) is 30.5 Å². The molecule has 1 amide bonds. The summed E-state index contributed by atoms with van der Waals surface area (Å²) in [7, 11) is 0. The number of carbonyl (C=O) groups is 1. The van der Waals surface area contributed by atoms with Crippen LogP contribution in [0.2, 0.25) is 0 Å². The molecule has 3 heterocycles. The van der Waals surface area contributed by atoms with E-state index in [-0.39, 0.29) is 17.8 Å². The Morgan fingerprint density at radius 3 is 2.61 bits per heavy atom. The van der Waals surface area contributed by atoms with Gasteiger partial charge in [0, 0.05) is 37.9 Å². The summed E-state index contributed by atoms with van der Waals surface area (Å²) in [6.45, 7) is 1.82. The highest BCUT2D eigenvalue weighted by atomic mass is 19.4. The van der Waals surface area contributed by atoms with Crippen LogP contribution >= 0.6 is 0 Å². The molecule has 28 heavy (non-hydrogen) atoms. The second-order valence-corrected chi connectivity index (χ2v) is 7.30. The number of alkyl halides is 3. The van der Waals surface area contributed by atoms with Gasteiger partial charge >= 0.3 is 6.18 Å². The fraction of sp³-hybridized carbons (Fsp3) is 0.450. The third-order valence-electron chi connectivity index (χ3n) is 5.48. The number of carbonyl (C=O) groups excluding carboxylic acids is 1. The molecule has 0 saturated carbocycles. The van der Waals surface area contributed by atoms with Crippen molar-refractivity contribution in [2.24, 2.45) is 5.92 Å². The molecule has 4 rings (SSSR count). The van der Waals surface area contributed by atoms with Gasteiger partial charge in [0.1, 0.15) is 5.69 Å². The molecule has 148 valence electrons. The second-order valence-electron chi connectivity index (χ2n) is 7.30. The number of hydrogen-bond acceptors (Lipinski definition) is 4. The van der Waals surface area contributed by atoms with E-state index in [1.807, 2.05) is 23.1 Å². The molecule has 1 aromatic heterocycles. The average Bonchev–Trinajstić information content (AvgIpc) is 3.12. The molecule has 2 aromatic rings. The van der Waals surface area contributed by atoms with Crippen LogP contribution in [0.15, 0.2) is 36.5 Å². The summed E-state index contributed by atoms with van der Waals surface area (Å²) in [5.74, 6) is 0.453. The van der Waals surface area contributed by atoms with Gasteiger partial charge in [-0.05, 0) is 42.9 Å². The number of para-hydroxylation sites is 1. The smallest absolute Gasteiger partial charge is 0.341 e. The van der Waals surface area contributed by atoms with Crippen LogP contribution in [0.25, 0.3) is 0 Å². The minimum atomic E-state index is -4.48. The molecule has 1 fully saturated rings. The topological polar surface area (TPSA) is 49.3 Å². The Balaban J connectivity index is 1.34. The first-order chi connectivity index (χ1) is 13.4. The molecule has 0 spiro atoms. The van der Waals surface area contributed by atoms with E-state index in [1.54, 1.807) is 4.90 Å². The Hall–Kier alpha value is -2.64. The summed E-state index contributed by atoms with van der Waals surface area (Å²) in [4.78, 5) is 24.0. The highest BCUT2D eigenvalue weighted by Gasteiger charge is 2.34. The molecule has 1 aromatic carbocycles. The van der Waals surface area contributed by atoms with Crippen molar-refractivity contribution in [1.29, 1.82) is 0 Å². The van der Waals surface area contributed by atoms with Gasteiger partial charge in [-0.1, -0.05) is 18.2 Å². The molecular weight excluding hydrogens is 369 g/mol. The maximum Gasteiger partial charge on any atom is 0.433 e. The minimum absolute atomic E-state index is 0.105. The SMILES string of the molecule is O=C(CC1CCN(c2nccc(C(F)(F)F)n2)CC1)N1CCc2ccccc21. The third-order valence-corrected chi connectivity index (χ3v) is 5.48. The Bertz CT molecular complexity index is 863. The molecule has 0 aliphatic carbocycles. The number of amides is 1. The maximum absolute atomic E-state index is 12.8. The number of anilines is 2. The van der Waals surface area contributed by atoms with E-state index in [4.69, 9.17) is 0 Å². The van der Waals surface area contributed by atoms with Crippen LogP contribution in [-0.4, -0.2) is 35.5 Å². The lowest BCUT2D eigenvalue weighted by Crippen LogP contribution is -2.38. The standard InChI is InChI=1S/C20H21F3N4O/c21-20(22,23)17-5-9-24-19(25-17)26-10-6-14(7-11-26)13-18(28)27-12-8-15-3-1-2-4-16(15)27/h1-5,9,14H,6-8,10-13H2. The van der Waals surface area contributed by atoms with Crippen LogP contribution < -0.4 is 9.80 Å². The predicted molar refractivity (Wildman–Crippen MR) is 99.1 cm³/mol. The zero-order chi connectivity index (χ0) is 19.7. The highest BCUT2D eigenvalue weighted by molar-refractivity contribution is 5.95. The van der Waals surface area contributed by atoms with Crippen LogP contribution in [-0.2, 0) is 17.4 Å². The summed E-state index contributed by atoms with van der Waals surface area (Å²) in [6.07, 6.45) is -0.513. The molecule has 2 aliphatic heterocycles. The van der Waals surface area contributed by atoms with Crippen molar-refractivity contribution in [2.75, 3.05) is 29.4 Å². The van der Waals surface area contributed by atoms with Crippen LogP contribution in [0.4, 0.5) is 24.8 Å². The van der Waals surface area contributed by atoms with E-state index in [1.165, 1.54) is 5.56 Å². The van der Waals surface area contributed by atoms with Crippen LogP contribution in [0.5, 0.6) is 0 Å². The van der Waals surface area contributed by atoms with Gasteiger partial charge in [-0.3, -0.25) is 4.79 Å². The fourth-order valence-electron chi connectivity index (χ4n) is 3.95. The van der Waals surface area contributed by atoms with Gasteiger partial charge in [0.15, 0.2) is 0 Å². The molecule has 0 atom stereocenters. The Morgan fingerprint density at radius 1 is 1.11 bits per heavy atom. The van der Waals surface area contributed by atoms with Crippen molar-refractivity contribution in [3.8, 4) is 0 Å². The minimum Gasteiger partial charge on any atom is -0.341 e. The average molecular weight is 390 g/mol. The number of fused-ring (bicyclic) bond motifs is 1. The fourth-order valence-corrected chi connectivity index (χ4v) is 3.95. The number of aromatic nitrogens is 2. The van der Waals surface area contributed by atoms with E-state index in [0.717, 1.165) is 43.8 Å². The zero-order valence-electron chi connectivity index (χ0n) is 15.3. The second kappa shape index (κ2) is 7.41. The molecule has 0 N–H and O–H groups in total. The summed E-state index contributed by atoms with van der Waals surface area (Å²) >= 11 is 0. The number of hydrogen-bond donors (Lipinski definition) is 0. The molecule has 0 radical (unpaired) electrons. The molecule has 0 bridgehead atoms. The number of rotatable bonds is 3. The summed E-state index contributed by atoms with van der Waals surface area (Å²) in [5.41, 5.74) is 1.28. The van der Waals surface area contributed by atoms with Crippen LogP contribution in [0.3, 0.4) is 0 Å². The Kier molecular flexibility index (Phi) is 4.95. The first kappa shape index (κ1) is 18.7. The monoisotopic (exact) mass is 390 g/mol. The van der Waals surface area contributed by atoms with E-state index < -0.39 is 11.9 Å². The predicted octanol–water partition coefficient (Wildman–Crippen LogP) is 3.69. The summed E-state index contributed by atoms with van der Waals surface area (Å²) < 4.78 is 38.5. The van der Waals surface area contributed by atoms with Gasteiger partial charge in [0.2, 0.25) is 11.9 Å². The van der Waals surface area contributed by atoms with Gasteiger partial charge < -0.3 is 9.80 Å². The van der Waals surface area contributed by atoms with E-state index in [0.29, 0.717) is 19.5 Å². The normalized spacial score (nSPS) is 17.7. The van der Waals surface area contributed by atoms with E-state index in [2.05, 4.69) is 16.0 Å². The van der Waals surface area contributed by atoms with Gasteiger partial charge in [0.05, 0.1) is 0 Å². The lowest BCUT2D eigenvalue weighted by Gasteiger charge is -2.32. The van der Waals surface area contributed by atoms with E-state index >= 15 is 0 Å². The van der Waals surface area contributed by atoms with Crippen molar-refractivity contribution in [3.05, 3.63) is 47.8 Å². The van der Waals surface area contributed by atoms with Crippen molar-refractivity contribution in [2.45, 2.75) is 31.9 Å². The lowest BCUT2D eigenvalue weighted by molar-refractivity contribution is -0.141. The Morgan fingerprint density at radius 2 is 1.86 bits per heavy atom. The lowest BCUT2D eigenvalue weighted by atomic mass is 9.93. The van der Waals surface area contributed by atoms with Crippen molar-refractivity contribution in [3.63, 3.8) is 0 Å². The van der Waals surface area contributed by atoms with Gasteiger partial charge in [-0.15, -0.1) is 0 Å². The third kappa shape index (κ3) is 3.81. The number of halogens is 3. The van der Waals surface area contributed by atoms with Gasteiger partial charge in [0.25, 0.3) is 0 Å². The largest absolute Gasteiger partial charge is 0.433 e. The van der Waals surface area contributed by atoms with Crippen LogP contribution in [0, 0.1) is 5.92 Å². The molecule has 8 heteroatoms. The maximum atomic E-state index is 12.8. The quantitative estimate of drug-likeness (QED) is 0.802. The number of nitrogens with zero attached hydrogens (tertiary/aromatic N) is 4. The van der Waals surface area contributed by atoms with Crippen molar-refractivity contribution in [1.82, 2.24) is 9.97 Å². The molecule has 5 nitrogen and oxygen atoms in total. The molecule has 2 aliphatic rings. The van der Waals surface area contributed by atoms with Crippen molar-refractivity contribution >= 4 is 17.5 Å². The summed E-state index contributed by atoms with van der Waals surface area (Å²) in [6, 6.07) is 8.84. The van der Waals surface area contributed by atoms with Gasteiger partial charge in [-0.25, -0.2) is 9.97 Å². The number of piperidine rings is 1. The molecule has 1 saturated heterocycles. The van der Waals surface area contributed by atoms with Crippen molar-refractivity contribution < 1.29 is 18.0 Å². The summed E-state index contributed by atoms with van der Waals surface area (Å²) in [5, 5.41) is 0. The molecule has 0 unspecified atom stereocenters. The van der Waals surface area contributed by atoms with E-state index in [9.17, 15) is 18.0 Å². The molecular formula is C20H21F3N4O. The van der Waals surface area contributed by atoms with Gasteiger partial charge in [-0.2, -0.15) is 13.2 Å². The first-order valence-corrected chi connectivity index (χ1v) is 9.45. The first-order valence-electron chi connectivity index (χ1n) is 9.45. The number of benzene rings is 1.